The Morgan fingerprint density at radius 2 is 1.77 bits per heavy atom. The van der Waals surface area contributed by atoms with Crippen LogP contribution in [0.5, 0.6) is 5.75 Å². The van der Waals surface area contributed by atoms with E-state index in [1.54, 1.807) is 6.33 Å². The van der Waals surface area contributed by atoms with Gasteiger partial charge >= 0.3 is 0 Å². The Hall–Kier alpha value is -3.09. The Kier molecular flexibility index (Phi) is 4.37. The molecule has 2 aliphatic rings. The standard InChI is InChI=1S/C24H16BrClN4O/c25-16-8-6-14(7-9-16)22-20-21(29-24-27-13-28-30(22)24)18-12-17(26)10-11-19(18)31-23(20)15-4-2-1-3-5-15/h1-13,22-23H,(H,27,28,29)/t22-,23+/m1/s1. The minimum Gasteiger partial charge on any atom is -0.480 e. The van der Waals surface area contributed by atoms with Crippen LogP contribution in [0.1, 0.15) is 28.8 Å². The molecule has 6 rings (SSSR count). The molecule has 0 amide bonds. The zero-order chi connectivity index (χ0) is 20.9. The molecule has 0 saturated carbocycles. The molecule has 0 spiro atoms. The average molecular weight is 492 g/mol. The highest BCUT2D eigenvalue weighted by molar-refractivity contribution is 9.10. The lowest BCUT2D eigenvalue weighted by molar-refractivity contribution is 0.223. The second-order valence-corrected chi connectivity index (χ2v) is 8.84. The van der Waals surface area contributed by atoms with Crippen LogP contribution in [0.4, 0.5) is 5.95 Å². The summed E-state index contributed by atoms with van der Waals surface area (Å²) in [6.45, 7) is 0. The van der Waals surface area contributed by atoms with E-state index in [4.69, 9.17) is 16.3 Å². The molecule has 4 aromatic rings. The number of benzene rings is 3. The largest absolute Gasteiger partial charge is 0.480 e. The van der Waals surface area contributed by atoms with E-state index < -0.39 is 0 Å². The van der Waals surface area contributed by atoms with E-state index in [0.29, 0.717) is 11.0 Å². The highest BCUT2D eigenvalue weighted by atomic mass is 79.9. The van der Waals surface area contributed by atoms with Gasteiger partial charge in [-0.25, -0.2) is 4.68 Å². The Labute approximate surface area is 192 Å². The monoisotopic (exact) mass is 490 g/mol. The molecule has 0 bridgehead atoms. The van der Waals surface area contributed by atoms with Crippen molar-refractivity contribution < 1.29 is 4.74 Å². The zero-order valence-electron chi connectivity index (χ0n) is 16.2. The maximum atomic E-state index is 6.58. The summed E-state index contributed by atoms with van der Waals surface area (Å²) >= 11 is 9.91. The molecule has 5 nitrogen and oxygen atoms in total. The van der Waals surface area contributed by atoms with Crippen LogP contribution >= 0.6 is 27.5 Å². The average Bonchev–Trinajstić information content (AvgIpc) is 3.27. The molecule has 3 heterocycles. The number of rotatable bonds is 2. The van der Waals surface area contributed by atoms with Crippen molar-refractivity contribution in [1.29, 1.82) is 0 Å². The molecule has 2 atom stereocenters. The first-order valence-corrected chi connectivity index (χ1v) is 11.0. The van der Waals surface area contributed by atoms with E-state index >= 15 is 0 Å². The van der Waals surface area contributed by atoms with E-state index in [1.807, 2.05) is 53.2 Å². The third kappa shape index (κ3) is 3.06. The van der Waals surface area contributed by atoms with Crippen molar-refractivity contribution in [3.8, 4) is 5.75 Å². The van der Waals surface area contributed by atoms with Gasteiger partial charge in [-0.3, -0.25) is 0 Å². The van der Waals surface area contributed by atoms with Crippen LogP contribution < -0.4 is 10.1 Å². The van der Waals surface area contributed by atoms with Crippen molar-refractivity contribution in [2.75, 3.05) is 5.32 Å². The first kappa shape index (κ1) is 18.7. The van der Waals surface area contributed by atoms with Gasteiger partial charge in [0, 0.05) is 20.6 Å². The van der Waals surface area contributed by atoms with Gasteiger partial charge < -0.3 is 10.1 Å². The third-order valence-electron chi connectivity index (χ3n) is 5.66. The van der Waals surface area contributed by atoms with E-state index in [-0.39, 0.29) is 12.1 Å². The molecule has 0 unspecified atom stereocenters. The van der Waals surface area contributed by atoms with Gasteiger partial charge in [0.25, 0.3) is 0 Å². The van der Waals surface area contributed by atoms with Gasteiger partial charge in [0.2, 0.25) is 5.95 Å². The topological polar surface area (TPSA) is 52.0 Å². The summed E-state index contributed by atoms with van der Waals surface area (Å²) in [5, 5.41) is 8.69. The molecule has 3 aromatic carbocycles. The van der Waals surface area contributed by atoms with Crippen LogP contribution in [0, 0.1) is 0 Å². The lowest BCUT2D eigenvalue weighted by Crippen LogP contribution is -2.32. The second-order valence-electron chi connectivity index (χ2n) is 7.49. The summed E-state index contributed by atoms with van der Waals surface area (Å²) in [6, 6.07) is 24.1. The molecule has 0 fully saturated rings. The van der Waals surface area contributed by atoms with Gasteiger partial charge in [0.05, 0.1) is 5.70 Å². The van der Waals surface area contributed by atoms with Crippen molar-refractivity contribution in [2.24, 2.45) is 0 Å². The highest BCUT2D eigenvalue weighted by Gasteiger charge is 2.40. The van der Waals surface area contributed by atoms with Crippen molar-refractivity contribution in [3.63, 3.8) is 0 Å². The minimum atomic E-state index is -0.289. The van der Waals surface area contributed by atoms with Crippen LogP contribution in [0.3, 0.4) is 0 Å². The molecule has 1 aromatic heterocycles. The van der Waals surface area contributed by atoms with Crippen LogP contribution in [0.15, 0.2) is 89.2 Å². The fourth-order valence-electron chi connectivity index (χ4n) is 4.31. The van der Waals surface area contributed by atoms with Crippen molar-refractivity contribution in [1.82, 2.24) is 14.8 Å². The highest BCUT2D eigenvalue weighted by Crippen LogP contribution is 2.51. The van der Waals surface area contributed by atoms with Gasteiger partial charge in [0.15, 0.2) is 0 Å². The molecule has 0 aliphatic carbocycles. The fraction of sp³-hybridized carbons (Fsp3) is 0.0833. The summed E-state index contributed by atoms with van der Waals surface area (Å²) < 4.78 is 9.52. The molecule has 31 heavy (non-hydrogen) atoms. The molecular weight excluding hydrogens is 476 g/mol. The van der Waals surface area contributed by atoms with Crippen molar-refractivity contribution in [3.05, 3.63) is 111 Å². The predicted molar refractivity (Wildman–Crippen MR) is 124 cm³/mol. The third-order valence-corrected chi connectivity index (χ3v) is 6.43. The number of hydrogen-bond donors (Lipinski definition) is 1. The van der Waals surface area contributed by atoms with E-state index in [1.165, 1.54) is 0 Å². The van der Waals surface area contributed by atoms with E-state index in [9.17, 15) is 0 Å². The maximum Gasteiger partial charge on any atom is 0.226 e. The van der Waals surface area contributed by atoms with E-state index in [0.717, 1.165) is 38.2 Å². The molecule has 1 N–H and O–H groups in total. The minimum absolute atomic E-state index is 0.181. The number of fused-ring (bicyclic) bond motifs is 3. The Bertz CT molecular complexity index is 1320. The summed E-state index contributed by atoms with van der Waals surface area (Å²) in [5.41, 5.74) is 5.13. The van der Waals surface area contributed by atoms with Crippen molar-refractivity contribution >= 4 is 39.2 Å². The Balaban J connectivity index is 1.64. The molecule has 152 valence electrons. The lowest BCUT2D eigenvalue weighted by atomic mass is 9.84. The molecular formula is C24H16BrClN4O. The summed E-state index contributed by atoms with van der Waals surface area (Å²) in [5.74, 6) is 1.47. The van der Waals surface area contributed by atoms with Crippen LogP contribution in [0.25, 0.3) is 5.70 Å². The Morgan fingerprint density at radius 3 is 2.58 bits per heavy atom. The number of ether oxygens (including phenoxy) is 1. The van der Waals surface area contributed by atoms with E-state index in [2.05, 4.69) is 55.6 Å². The smallest absolute Gasteiger partial charge is 0.226 e. The molecule has 0 radical (unpaired) electrons. The number of aromatic nitrogens is 3. The maximum absolute atomic E-state index is 6.58. The first-order chi connectivity index (χ1) is 15.2. The number of halogens is 2. The van der Waals surface area contributed by atoms with Crippen LogP contribution in [0.2, 0.25) is 5.02 Å². The van der Waals surface area contributed by atoms with Crippen molar-refractivity contribution in [2.45, 2.75) is 12.1 Å². The number of nitrogens with one attached hydrogen (secondary N) is 1. The molecule has 2 aliphatic heterocycles. The number of anilines is 1. The van der Waals surface area contributed by atoms with Gasteiger partial charge in [-0.2, -0.15) is 10.1 Å². The molecule has 7 heteroatoms. The fourth-order valence-corrected chi connectivity index (χ4v) is 4.75. The summed E-state index contributed by atoms with van der Waals surface area (Å²) in [6.07, 6.45) is 1.28. The van der Waals surface area contributed by atoms with Crippen LogP contribution in [-0.2, 0) is 0 Å². The van der Waals surface area contributed by atoms with Gasteiger partial charge in [0.1, 0.15) is 24.2 Å². The molecule has 0 saturated heterocycles. The SMILES string of the molecule is Clc1ccc2c(c1)C1=C([C@H](c3ccccc3)O2)[C@@H](c2ccc(Br)cc2)n2ncnc2N1. The van der Waals surface area contributed by atoms with Gasteiger partial charge in [-0.15, -0.1) is 0 Å². The second kappa shape index (κ2) is 7.25. The summed E-state index contributed by atoms with van der Waals surface area (Å²) in [7, 11) is 0. The van der Waals surface area contributed by atoms with Crippen LogP contribution in [-0.4, -0.2) is 14.8 Å². The normalized spacial score (nSPS) is 19.0. The number of hydrogen-bond acceptors (Lipinski definition) is 4. The zero-order valence-corrected chi connectivity index (χ0v) is 18.5. The predicted octanol–water partition coefficient (Wildman–Crippen LogP) is 6.25. The van der Waals surface area contributed by atoms with Gasteiger partial charge in [-0.1, -0.05) is 70.0 Å². The number of nitrogens with zero attached hydrogens (tertiary/aromatic N) is 3. The quantitative estimate of drug-likeness (QED) is 0.360. The lowest BCUT2D eigenvalue weighted by Gasteiger charge is -2.39. The Morgan fingerprint density at radius 1 is 0.968 bits per heavy atom. The van der Waals surface area contributed by atoms with Gasteiger partial charge in [-0.05, 0) is 41.5 Å². The first-order valence-electron chi connectivity index (χ1n) is 9.86. The summed E-state index contributed by atoms with van der Waals surface area (Å²) in [4.78, 5) is 4.46.